The van der Waals surface area contributed by atoms with Crippen LogP contribution in [0.2, 0.25) is 15.1 Å². The third-order valence-corrected chi connectivity index (χ3v) is 5.92. The van der Waals surface area contributed by atoms with Crippen LogP contribution in [-0.2, 0) is 4.79 Å². The van der Waals surface area contributed by atoms with Crippen molar-refractivity contribution in [1.29, 1.82) is 0 Å². The van der Waals surface area contributed by atoms with E-state index in [0.717, 1.165) is 13.0 Å². The van der Waals surface area contributed by atoms with Gasteiger partial charge in [0.05, 0.1) is 27.3 Å². The first-order valence-electron chi connectivity index (χ1n) is 9.40. The minimum Gasteiger partial charge on any atom is -0.337 e. The highest BCUT2D eigenvalue weighted by Crippen LogP contribution is 2.26. The Labute approximate surface area is 185 Å². The number of amides is 2. The summed E-state index contributed by atoms with van der Waals surface area (Å²) < 4.78 is 0. The van der Waals surface area contributed by atoms with Crippen molar-refractivity contribution in [3.8, 4) is 0 Å². The molecule has 1 aliphatic heterocycles. The van der Waals surface area contributed by atoms with Crippen molar-refractivity contribution < 1.29 is 9.59 Å². The van der Waals surface area contributed by atoms with Crippen molar-refractivity contribution in [3.63, 3.8) is 0 Å². The Morgan fingerprint density at radius 1 is 0.966 bits per heavy atom. The molecule has 5 nitrogen and oxygen atoms in total. The molecule has 1 fully saturated rings. The van der Waals surface area contributed by atoms with Gasteiger partial charge in [-0.2, -0.15) is 0 Å². The van der Waals surface area contributed by atoms with Crippen LogP contribution < -0.4 is 5.32 Å². The van der Waals surface area contributed by atoms with E-state index in [2.05, 4.69) is 10.2 Å². The first-order chi connectivity index (χ1) is 13.9. The van der Waals surface area contributed by atoms with Crippen molar-refractivity contribution >= 4 is 52.3 Å². The molecule has 1 atom stereocenters. The van der Waals surface area contributed by atoms with Crippen LogP contribution in [0.3, 0.4) is 0 Å². The maximum Gasteiger partial charge on any atom is 0.255 e. The SMILES string of the molecule is CC(C(=O)Nc1ccc(Cl)cc1Cl)N1CCCN(C(=O)c2ccccc2Cl)CC1. The molecular formula is C21H22Cl3N3O2. The van der Waals surface area contributed by atoms with Crippen LogP contribution in [0.1, 0.15) is 23.7 Å². The standard InChI is InChI=1S/C21H22Cl3N3O2/c1-14(20(28)25-19-8-7-15(22)13-18(19)24)26-9-4-10-27(12-11-26)21(29)16-5-2-3-6-17(16)23/h2-3,5-8,13-14H,4,9-12H2,1H3,(H,25,28). The summed E-state index contributed by atoms with van der Waals surface area (Å²) in [7, 11) is 0. The van der Waals surface area contributed by atoms with Gasteiger partial charge in [0.1, 0.15) is 0 Å². The van der Waals surface area contributed by atoms with Gasteiger partial charge in [0.25, 0.3) is 5.91 Å². The lowest BCUT2D eigenvalue weighted by atomic mass is 10.2. The molecule has 8 heteroatoms. The zero-order valence-electron chi connectivity index (χ0n) is 16.0. The lowest BCUT2D eigenvalue weighted by Crippen LogP contribution is -2.44. The Bertz CT molecular complexity index is 906. The van der Waals surface area contributed by atoms with Crippen LogP contribution in [0.4, 0.5) is 5.69 Å². The van der Waals surface area contributed by atoms with E-state index in [4.69, 9.17) is 34.8 Å². The minimum absolute atomic E-state index is 0.0810. The molecule has 0 aliphatic carbocycles. The molecule has 3 rings (SSSR count). The van der Waals surface area contributed by atoms with Gasteiger partial charge in [-0.05, 0) is 43.7 Å². The molecule has 0 aromatic heterocycles. The van der Waals surface area contributed by atoms with Gasteiger partial charge >= 0.3 is 0 Å². The summed E-state index contributed by atoms with van der Waals surface area (Å²) in [5.41, 5.74) is 1.03. The molecule has 29 heavy (non-hydrogen) atoms. The van der Waals surface area contributed by atoms with Gasteiger partial charge in [-0.1, -0.05) is 46.9 Å². The quantitative estimate of drug-likeness (QED) is 0.720. The Balaban J connectivity index is 1.61. The van der Waals surface area contributed by atoms with E-state index < -0.39 is 0 Å². The molecule has 1 unspecified atom stereocenters. The van der Waals surface area contributed by atoms with Crippen LogP contribution in [-0.4, -0.2) is 53.8 Å². The molecular weight excluding hydrogens is 433 g/mol. The first kappa shape index (κ1) is 21.9. The van der Waals surface area contributed by atoms with Gasteiger partial charge in [0.15, 0.2) is 0 Å². The number of nitrogens with one attached hydrogen (secondary N) is 1. The zero-order valence-corrected chi connectivity index (χ0v) is 18.3. The monoisotopic (exact) mass is 453 g/mol. The fourth-order valence-corrected chi connectivity index (χ4v) is 4.00. The molecule has 1 heterocycles. The summed E-state index contributed by atoms with van der Waals surface area (Å²) in [6.07, 6.45) is 0.773. The average molecular weight is 455 g/mol. The van der Waals surface area contributed by atoms with E-state index >= 15 is 0 Å². The first-order valence-corrected chi connectivity index (χ1v) is 10.5. The second-order valence-electron chi connectivity index (χ2n) is 6.95. The average Bonchev–Trinajstić information content (AvgIpc) is 2.95. The Morgan fingerprint density at radius 3 is 2.45 bits per heavy atom. The Morgan fingerprint density at radius 2 is 1.72 bits per heavy atom. The van der Waals surface area contributed by atoms with Gasteiger partial charge in [-0.3, -0.25) is 14.5 Å². The largest absolute Gasteiger partial charge is 0.337 e. The van der Waals surface area contributed by atoms with Crippen LogP contribution in [0.25, 0.3) is 0 Å². The van der Waals surface area contributed by atoms with E-state index in [-0.39, 0.29) is 17.9 Å². The number of halogens is 3. The molecule has 1 N–H and O–H groups in total. The molecule has 2 amide bonds. The summed E-state index contributed by atoms with van der Waals surface area (Å²) >= 11 is 18.2. The fraction of sp³-hybridized carbons (Fsp3) is 0.333. The second-order valence-corrected chi connectivity index (χ2v) is 8.20. The van der Waals surface area contributed by atoms with Gasteiger partial charge in [0, 0.05) is 31.2 Å². The van der Waals surface area contributed by atoms with E-state index in [0.29, 0.717) is 46.0 Å². The molecule has 1 saturated heterocycles. The third kappa shape index (κ3) is 5.43. The Hall–Kier alpha value is -1.79. The molecule has 154 valence electrons. The number of rotatable bonds is 4. The van der Waals surface area contributed by atoms with Gasteiger partial charge < -0.3 is 10.2 Å². The zero-order chi connectivity index (χ0) is 21.0. The molecule has 1 aliphatic rings. The number of hydrogen-bond donors (Lipinski definition) is 1. The predicted molar refractivity (Wildman–Crippen MR) is 118 cm³/mol. The number of benzene rings is 2. The summed E-state index contributed by atoms with van der Waals surface area (Å²) in [6, 6.07) is 11.6. The third-order valence-electron chi connectivity index (χ3n) is 5.04. The van der Waals surface area contributed by atoms with Gasteiger partial charge in [0.2, 0.25) is 5.91 Å². The van der Waals surface area contributed by atoms with Crippen molar-refractivity contribution in [3.05, 3.63) is 63.1 Å². The van der Waals surface area contributed by atoms with Crippen LogP contribution in [0, 0.1) is 0 Å². The Kier molecular flexibility index (Phi) is 7.41. The topological polar surface area (TPSA) is 52.7 Å². The van der Waals surface area contributed by atoms with E-state index in [1.807, 2.05) is 6.92 Å². The maximum atomic E-state index is 12.8. The fourth-order valence-electron chi connectivity index (χ4n) is 3.33. The highest BCUT2D eigenvalue weighted by molar-refractivity contribution is 6.36. The smallest absolute Gasteiger partial charge is 0.255 e. The highest BCUT2D eigenvalue weighted by Gasteiger charge is 2.27. The summed E-state index contributed by atoms with van der Waals surface area (Å²) in [4.78, 5) is 29.4. The number of anilines is 1. The molecule has 0 saturated carbocycles. The molecule has 2 aromatic carbocycles. The van der Waals surface area contributed by atoms with Crippen molar-refractivity contribution in [2.75, 3.05) is 31.5 Å². The minimum atomic E-state index is -0.364. The lowest BCUT2D eigenvalue weighted by Gasteiger charge is -2.27. The lowest BCUT2D eigenvalue weighted by molar-refractivity contribution is -0.120. The summed E-state index contributed by atoms with van der Waals surface area (Å²) in [5, 5.41) is 4.21. The normalized spacial score (nSPS) is 16.2. The second kappa shape index (κ2) is 9.81. The summed E-state index contributed by atoms with van der Waals surface area (Å²) in [6.45, 7) is 4.32. The number of carbonyl (C=O) groups is 2. The van der Waals surface area contributed by atoms with Crippen molar-refractivity contribution in [2.24, 2.45) is 0 Å². The van der Waals surface area contributed by atoms with Crippen LogP contribution in [0.5, 0.6) is 0 Å². The number of nitrogens with zero attached hydrogens (tertiary/aromatic N) is 2. The molecule has 0 bridgehead atoms. The molecule has 0 spiro atoms. The van der Waals surface area contributed by atoms with Crippen molar-refractivity contribution in [2.45, 2.75) is 19.4 Å². The maximum absolute atomic E-state index is 12.8. The number of hydrogen-bond acceptors (Lipinski definition) is 3. The van der Waals surface area contributed by atoms with E-state index in [1.54, 1.807) is 47.4 Å². The molecule has 0 radical (unpaired) electrons. The van der Waals surface area contributed by atoms with Gasteiger partial charge in [-0.25, -0.2) is 0 Å². The van der Waals surface area contributed by atoms with E-state index in [9.17, 15) is 9.59 Å². The van der Waals surface area contributed by atoms with Gasteiger partial charge in [-0.15, -0.1) is 0 Å². The van der Waals surface area contributed by atoms with E-state index in [1.165, 1.54) is 0 Å². The van der Waals surface area contributed by atoms with Crippen molar-refractivity contribution in [1.82, 2.24) is 9.80 Å². The highest BCUT2D eigenvalue weighted by atomic mass is 35.5. The predicted octanol–water partition coefficient (Wildman–Crippen LogP) is 4.82. The van der Waals surface area contributed by atoms with Crippen LogP contribution >= 0.6 is 34.8 Å². The molecule has 2 aromatic rings. The summed E-state index contributed by atoms with van der Waals surface area (Å²) in [5.74, 6) is -0.234. The number of carbonyl (C=O) groups excluding carboxylic acids is 2. The van der Waals surface area contributed by atoms with Crippen LogP contribution in [0.15, 0.2) is 42.5 Å².